The smallest absolute Gasteiger partial charge is 0.463 e. The Hall–Kier alpha value is -5.61. The lowest BCUT2D eigenvalue weighted by Crippen LogP contribution is -2.30. The van der Waals surface area contributed by atoms with Gasteiger partial charge < -0.3 is 34.2 Å². The maximum Gasteiger partial charge on any atom is 0.472 e. The number of carbonyl (C=O) groups excluding carboxylic acids is 3. The van der Waals surface area contributed by atoms with E-state index in [4.69, 9.17) is 32.3 Å². The third kappa shape index (κ3) is 113. The number of unbranched alkanes of at least 4 members (excludes halogenated alkanes) is 52. The Morgan fingerprint density at radius 1 is 0.209 bits per heavy atom. The molecule has 16 nitrogen and oxygen atoms in total. The standard InChI is InChI=1S/C121H208O16P2/c1-4-7-10-13-16-19-22-25-28-31-34-37-40-43-46-49-52-55-57-60-62-65-68-71-74-77-80-83-86-89-92-95-98-101-104-107-119(124)131-110-116(122)111-133-138(127,128)134-112-117(123)113-135-139(129,130)136-115-118(137-121(126)109-106-103-100-97-94-91-88-85-82-79-76-73-70-67-64-59-54-51-48-45-42-39-36-33-30-27-24-21-18-15-12-9-6-3)114-132-120(125)108-105-102-99-96-93-90-87-84-81-78-75-72-69-66-63-61-58-56-53-50-47-44-41-38-35-32-29-26-23-20-17-14-11-8-5-2/h7-8,10-11,16-21,25-30,34-39,43-48,52-53,55-56,116-118,122-123H,4-6,9,12-15,22-24,31-33,40-42,49-51,54,57-115H2,1-3H3,(H,127,128)(H,129,130)/b10-7-,11-8-,19-16-,20-17-,21-18-,28-25-,29-26-,30-27-,37-34-,38-35-,39-36-,46-43-,47-44-,48-45-,55-52-,56-53-. The van der Waals surface area contributed by atoms with E-state index in [2.05, 4.69) is 215 Å². The van der Waals surface area contributed by atoms with Crippen molar-refractivity contribution in [2.24, 2.45) is 0 Å². The van der Waals surface area contributed by atoms with E-state index < -0.39 is 91.5 Å². The van der Waals surface area contributed by atoms with Gasteiger partial charge in [0.2, 0.25) is 0 Å². The topological polar surface area (TPSA) is 231 Å². The first-order chi connectivity index (χ1) is 68.2. The minimum atomic E-state index is -4.95. The Labute approximate surface area is 852 Å². The van der Waals surface area contributed by atoms with E-state index in [1.165, 1.54) is 276 Å². The predicted octanol–water partition coefficient (Wildman–Crippen LogP) is 36.8. The molecule has 4 N–H and O–H groups in total. The van der Waals surface area contributed by atoms with Crippen LogP contribution < -0.4 is 0 Å². The summed E-state index contributed by atoms with van der Waals surface area (Å²) in [6.07, 6.45) is 151. The van der Waals surface area contributed by atoms with Crippen LogP contribution in [0.3, 0.4) is 0 Å². The second-order valence-corrected chi connectivity index (χ2v) is 40.7. The summed E-state index contributed by atoms with van der Waals surface area (Å²) in [6, 6.07) is 0. The summed E-state index contributed by atoms with van der Waals surface area (Å²) in [5.74, 6) is -1.55. The first kappa shape index (κ1) is 133. The highest BCUT2D eigenvalue weighted by Crippen LogP contribution is 2.45. The van der Waals surface area contributed by atoms with Crippen molar-refractivity contribution in [2.45, 2.75) is 514 Å². The number of esters is 3. The molecular formula is C121H208O16P2. The van der Waals surface area contributed by atoms with E-state index in [9.17, 15) is 43.5 Å². The number of allylic oxidation sites excluding steroid dienone is 32. The van der Waals surface area contributed by atoms with Crippen molar-refractivity contribution in [1.82, 2.24) is 0 Å². The first-order valence-electron chi connectivity index (χ1n) is 56.7. The molecule has 139 heavy (non-hydrogen) atoms. The summed E-state index contributed by atoms with van der Waals surface area (Å²) in [4.78, 5) is 59.4. The number of phosphoric ester groups is 2. The van der Waals surface area contributed by atoms with Crippen LogP contribution in [-0.2, 0) is 55.8 Å². The molecule has 0 aromatic heterocycles. The number of aliphatic hydroxyl groups excluding tert-OH is 2. The van der Waals surface area contributed by atoms with E-state index >= 15 is 0 Å². The predicted molar refractivity (Wildman–Crippen MR) is 592 cm³/mol. The molecule has 5 atom stereocenters. The lowest BCUT2D eigenvalue weighted by molar-refractivity contribution is -0.161. The Bertz CT molecular complexity index is 3310. The van der Waals surface area contributed by atoms with Gasteiger partial charge in [0.25, 0.3) is 0 Å². The monoisotopic (exact) mass is 1980 g/mol. The lowest BCUT2D eigenvalue weighted by atomic mass is 10.0. The normalized spacial score (nSPS) is 14.3. The van der Waals surface area contributed by atoms with Crippen molar-refractivity contribution >= 4 is 33.6 Å². The maximum absolute atomic E-state index is 13.2. The average molecular weight is 1980 g/mol. The number of hydrogen-bond acceptors (Lipinski definition) is 14. The summed E-state index contributed by atoms with van der Waals surface area (Å²) in [5, 5.41) is 20.9. The lowest BCUT2D eigenvalue weighted by Gasteiger charge is -2.21. The molecule has 0 bridgehead atoms. The fourth-order valence-electron chi connectivity index (χ4n) is 15.8. The Morgan fingerprint density at radius 2 is 0.381 bits per heavy atom. The van der Waals surface area contributed by atoms with Crippen LogP contribution in [0.2, 0.25) is 0 Å². The molecule has 0 aromatic carbocycles. The zero-order valence-electron chi connectivity index (χ0n) is 88.9. The van der Waals surface area contributed by atoms with Crippen molar-refractivity contribution in [1.29, 1.82) is 0 Å². The molecule has 0 aromatic rings. The summed E-state index contributed by atoms with van der Waals surface area (Å²) in [6.45, 7) is 2.52. The van der Waals surface area contributed by atoms with Gasteiger partial charge in [-0.15, -0.1) is 0 Å². The molecule has 0 radical (unpaired) electrons. The van der Waals surface area contributed by atoms with Crippen LogP contribution in [-0.4, -0.2) is 95.9 Å². The summed E-state index contributed by atoms with van der Waals surface area (Å²) in [5.41, 5.74) is 0. The first-order valence-corrected chi connectivity index (χ1v) is 59.7. The van der Waals surface area contributed by atoms with Gasteiger partial charge >= 0.3 is 33.6 Å². The van der Waals surface area contributed by atoms with E-state index in [0.29, 0.717) is 19.3 Å². The second-order valence-electron chi connectivity index (χ2n) is 37.8. The van der Waals surface area contributed by atoms with Gasteiger partial charge in [-0.1, -0.05) is 504 Å². The number of carbonyl (C=O) groups is 3. The molecule has 0 amide bonds. The van der Waals surface area contributed by atoms with Crippen molar-refractivity contribution in [2.75, 3.05) is 39.6 Å². The molecule has 0 saturated carbocycles. The average Bonchev–Trinajstić information content (AvgIpc) is 0.891. The Balaban J connectivity index is 4.61. The minimum Gasteiger partial charge on any atom is -0.463 e. The van der Waals surface area contributed by atoms with E-state index in [1.807, 2.05) is 0 Å². The van der Waals surface area contributed by atoms with Gasteiger partial charge in [0.15, 0.2) is 6.10 Å². The van der Waals surface area contributed by atoms with Crippen LogP contribution in [0.4, 0.5) is 0 Å². The maximum atomic E-state index is 13.2. The van der Waals surface area contributed by atoms with Crippen molar-refractivity contribution < 1.29 is 75.8 Å². The van der Waals surface area contributed by atoms with Crippen LogP contribution in [0.5, 0.6) is 0 Å². The zero-order valence-corrected chi connectivity index (χ0v) is 90.6. The molecule has 0 aliphatic carbocycles. The summed E-state index contributed by atoms with van der Waals surface area (Å²) < 4.78 is 61.9. The third-order valence-electron chi connectivity index (χ3n) is 24.3. The van der Waals surface area contributed by atoms with Crippen molar-refractivity contribution in [3.63, 3.8) is 0 Å². The summed E-state index contributed by atoms with van der Waals surface area (Å²) in [7, 11) is -9.82. The van der Waals surface area contributed by atoms with Gasteiger partial charge in [0.05, 0.1) is 26.4 Å². The van der Waals surface area contributed by atoms with Gasteiger partial charge in [-0.25, -0.2) is 9.13 Å². The van der Waals surface area contributed by atoms with Gasteiger partial charge in [-0.2, -0.15) is 0 Å². The van der Waals surface area contributed by atoms with Gasteiger partial charge in [0, 0.05) is 19.3 Å². The molecule has 0 saturated heterocycles. The van der Waals surface area contributed by atoms with Crippen LogP contribution >= 0.6 is 15.6 Å². The van der Waals surface area contributed by atoms with E-state index in [-0.39, 0.29) is 19.3 Å². The van der Waals surface area contributed by atoms with Crippen molar-refractivity contribution in [3.8, 4) is 0 Å². The number of aliphatic hydroxyl groups is 2. The fraction of sp³-hybridized carbons (Fsp3) is 0.711. The van der Waals surface area contributed by atoms with E-state index in [0.717, 1.165) is 161 Å². The van der Waals surface area contributed by atoms with Gasteiger partial charge in [-0.05, 0) is 167 Å². The molecule has 18 heteroatoms. The highest BCUT2D eigenvalue weighted by molar-refractivity contribution is 7.47. The number of phosphoric acid groups is 2. The van der Waals surface area contributed by atoms with Gasteiger partial charge in [-0.3, -0.25) is 32.5 Å². The molecule has 0 aliphatic heterocycles. The second kappa shape index (κ2) is 111. The summed E-state index contributed by atoms with van der Waals surface area (Å²) >= 11 is 0. The molecule has 0 rings (SSSR count). The number of ether oxygens (including phenoxy) is 3. The molecule has 0 heterocycles. The molecule has 0 spiro atoms. The molecular weight excluding hydrogens is 1770 g/mol. The number of rotatable bonds is 107. The molecule has 0 fully saturated rings. The number of hydrogen-bond donors (Lipinski definition) is 4. The fourth-order valence-corrected chi connectivity index (χ4v) is 17.4. The molecule has 0 aliphatic rings. The van der Waals surface area contributed by atoms with Crippen LogP contribution in [0.15, 0.2) is 194 Å². The quantitative estimate of drug-likeness (QED) is 0.0146. The Kier molecular flexibility index (Phi) is 107. The molecule has 798 valence electrons. The van der Waals surface area contributed by atoms with Crippen LogP contribution in [0, 0.1) is 0 Å². The Morgan fingerprint density at radius 3 is 0.604 bits per heavy atom. The minimum absolute atomic E-state index is 0.104. The largest absolute Gasteiger partial charge is 0.472 e. The van der Waals surface area contributed by atoms with Gasteiger partial charge in [0.1, 0.15) is 25.4 Å². The highest BCUT2D eigenvalue weighted by Gasteiger charge is 2.30. The van der Waals surface area contributed by atoms with Crippen LogP contribution in [0.1, 0.15) is 496 Å². The van der Waals surface area contributed by atoms with E-state index in [1.54, 1.807) is 0 Å². The van der Waals surface area contributed by atoms with Crippen molar-refractivity contribution in [3.05, 3.63) is 194 Å². The SMILES string of the molecule is CC/C=C\C/C=C\C/C=C\C/C=C\C/C=C\C/C=C\CCCCCCCCCCCCCCCCCCC(=O)OCC(O)COP(=O)(O)OCC(O)COP(=O)(O)OCC(COC(=O)CCCCCCCCCCCCCCCCCC/C=C\C/C=C\C/C=C\C/C=C\C/C=C\C/C=C\CC)OC(=O)CCCCCCCCCCCCCCCCCCC/C=C\C/C=C\C/C=C\C/C=C\CCCCC. The zero-order chi connectivity index (χ0) is 101. The highest BCUT2D eigenvalue weighted by atomic mass is 31.2. The van der Waals surface area contributed by atoms with Crippen LogP contribution in [0.25, 0.3) is 0 Å². The third-order valence-corrected chi connectivity index (χ3v) is 26.2. The molecule has 5 unspecified atom stereocenters.